The van der Waals surface area contributed by atoms with Gasteiger partial charge < -0.3 is 21.2 Å². The lowest BCUT2D eigenvalue weighted by Crippen LogP contribution is -2.27. The first-order chi connectivity index (χ1) is 12.0. The number of carbonyl (C=O) groups is 1. The first kappa shape index (κ1) is 18.1. The minimum atomic E-state index is -0.248. The van der Waals surface area contributed by atoms with E-state index in [2.05, 4.69) is 5.32 Å². The fraction of sp³-hybridized carbons (Fsp3) is 0.105. The van der Waals surface area contributed by atoms with Gasteiger partial charge in [-0.1, -0.05) is 30.3 Å². The van der Waals surface area contributed by atoms with Gasteiger partial charge in [-0.25, -0.2) is 5.84 Å². The van der Waals surface area contributed by atoms with Gasteiger partial charge in [0.15, 0.2) is 0 Å². The third-order valence-electron chi connectivity index (χ3n) is 3.54. The lowest BCUT2D eigenvalue weighted by atomic mass is 10.1. The highest BCUT2D eigenvalue weighted by Gasteiger charge is 2.07. The van der Waals surface area contributed by atoms with Gasteiger partial charge in [0.2, 0.25) is 5.91 Å². The minimum Gasteiger partial charge on any atom is -0.508 e. The Labute approximate surface area is 147 Å². The van der Waals surface area contributed by atoms with Gasteiger partial charge in [-0.15, -0.1) is 0 Å². The Bertz CT molecular complexity index is 766. The molecule has 2 aromatic carbocycles. The topological polar surface area (TPSA) is 105 Å². The average molecular weight is 338 g/mol. The predicted molar refractivity (Wildman–Crippen MR) is 98.6 cm³/mol. The van der Waals surface area contributed by atoms with Crippen molar-refractivity contribution >= 4 is 11.6 Å². The lowest BCUT2D eigenvalue weighted by molar-refractivity contribution is -0.116. The molecule has 0 radical (unpaired) electrons. The van der Waals surface area contributed by atoms with Crippen LogP contribution in [-0.2, 0) is 11.3 Å². The van der Waals surface area contributed by atoms with E-state index in [1.165, 1.54) is 23.2 Å². The summed E-state index contributed by atoms with van der Waals surface area (Å²) < 4.78 is 0. The van der Waals surface area contributed by atoms with Crippen molar-refractivity contribution in [2.45, 2.75) is 6.54 Å². The first-order valence-corrected chi connectivity index (χ1v) is 7.75. The summed E-state index contributed by atoms with van der Waals surface area (Å²) in [4.78, 5) is 12.0. The van der Waals surface area contributed by atoms with E-state index < -0.39 is 0 Å². The summed E-state index contributed by atoms with van der Waals surface area (Å²) in [5.41, 5.74) is 8.73. The third kappa shape index (κ3) is 5.40. The van der Waals surface area contributed by atoms with E-state index in [0.29, 0.717) is 23.5 Å². The van der Waals surface area contributed by atoms with Crippen LogP contribution < -0.4 is 16.9 Å². The monoisotopic (exact) mass is 338 g/mol. The first-order valence-electron chi connectivity index (χ1n) is 7.75. The summed E-state index contributed by atoms with van der Waals surface area (Å²) in [7, 11) is 1.63. The molecule has 0 heterocycles. The van der Waals surface area contributed by atoms with Gasteiger partial charge in [0.05, 0.1) is 11.4 Å². The smallest absolute Gasteiger partial charge is 0.244 e. The van der Waals surface area contributed by atoms with Gasteiger partial charge in [0.1, 0.15) is 5.75 Å². The van der Waals surface area contributed by atoms with Gasteiger partial charge in [0.25, 0.3) is 0 Å². The van der Waals surface area contributed by atoms with Crippen molar-refractivity contribution in [1.29, 1.82) is 0 Å². The van der Waals surface area contributed by atoms with Crippen molar-refractivity contribution in [3.8, 4) is 5.75 Å². The van der Waals surface area contributed by atoms with Gasteiger partial charge in [-0.05, 0) is 41.5 Å². The zero-order valence-electron chi connectivity index (χ0n) is 14.0. The molecule has 6 heteroatoms. The molecule has 25 heavy (non-hydrogen) atoms. The number of nitrogens with one attached hydrogen (secondary N) is 1. The van der Waals surface area contributed by atoms with E-state index >= 15 is 0 Å². The number of amides is 1. The number of nitrogens with two attached hydrogens (primary N) is 2. The van der Waals surface area contributed by atoms with Gasteiger partial charge in [-0.2, -0.15) is 0 Å². The maximum Gasteiger partial charge on any atom is 0.244 e. The maximum atomic E-state index is 12.0. The molecule has 0 aromatic heterocycles. The predicted octanol–water partition coefficient (Wildman–Crippen LogP) is 1.70. The maximum absolute atomic E-state index is 12.0. The van der Waals surface area contributed by atoms with Crippen LogP contribution in [0.2, 0.25) is 0 Å². The van der Waals surface area contributed by atoms with Crippen LogP contribution in [0.4, 0.5) is 0 Å². The zero-order chi connectivity index (χ0) is 18.2. The molecule has 0 fully saturated rings. The molecule has 0 spiro atoms. The molecule has 2 aromatic rings. The number of phenols is 1. The van der Waals surface area contributed by atoms with Crippen LogP contribution in [0.15, 0.2) is 72.4 Å². The van der Waals surface area contributed by atoms with E-state index in [9.17, 15) is 9.90 Å². The molecule has 0 bridgehead atoms. The van der Waals surface area contributed by atoms with Crippen molar-refractivity contribution in [2.75, 3.05) is 7.05 Å². The highest BCUT2D eigenvalue weighted by atomic mass is 16.3. The zero-order valence-corrected chi connectivity index (χ0v) is 14.0. The Morgan fingerprint density at radius 3 is 2.36 bits per heavy atom. The Morgan fingerprint density at radius 1 is 1.12 bits per heavy atom. The molecule has 2 rings (SSSR count). The fourth-order valence-electron chi connectivity index (χ4n) is 2.18. The minimum absolute atomic E-state index is 0.148. The summed E-state index contributed by atoms with van der Waals surface area (Å²) in [6.07, 6.45) is 2.94. The molecular formula is C19H22N4O2. The summed E-state index contributed by atoms with van der Waals surface area (Å²) in [6.45, 7) is 0.439. The summed E-state index contributed by atoms with van der Waals surface area (Å²) in [5, 5.41) is 13.5. The highest BCUT2D eigenvalue weighted by molar-refractivity contribution is 5.88. The average Bonchev–Trinajstić information content (AvgIpc) is 2.61. The van der Waals surface area contributed by atoms with Crippen LogP contribution in [0.25, 0.3) is 5.70 Å². The van der Waals surface area contributed by atoms with Crippen molar-refractivity contribution in [1.82, 2.24) is 10.3 Å². The number of nitrogens with zero attached hydrogens (tertiary/aromatic N) is 1. The fourth-order valence-corrected chi connectivity index (χ4v) is 2.18. The van der Waals surface area contributed by atoms with Crippen LogP contribution in [0, 0.1) is 0 Å². The standard InChI is InChI=1S/C19H22N4O2/c1-23(21)17(19(20)15-7-9-16(24)10-8-15)11-12-18(25)22-13-14-5-3-2-4-6-14/h2-12,24H,13,20-21H2,1H3,(H,22,25)/b12-11+,19-17-. The molecule has 130 valence electrons. The van der Waals surface area contributed by atoms with Crippen LogP contribution in [0.5, 0.6) is 5.75 Å². The number of allylic oxidation sites excluding steroid dienone is 1. The number of likely N-dealkylation sites (N-methyl/N-ethyl adjacent to an activating group) is 1. The largest absolute Gasteiger partial charge is 0.508 e. The van der Waals surface area contributed by atoms with E-state index in [-0.39, 0.29) is 11.7 Å². The van der Waals surface area contributed by atoms with Crippen molar-refractivity contribution in [2.24, 2.45) is 11.6 Å². The molecule has 1 amide bonds. The van der Waals surface area contributed by atoms with Crippen LogP contribution in [-0.4, -0.2) is 23.1 Å². The second-order valence-electron chi connectivity index (χ2n) is 5.49. The second-order valence-corrected chi connectivity index (χ2v) is 5.49. The molecule has 0 saturated heterocycles. The van der Waals surface area contributed by atoms with Crippen LogP contribution in [0.1, 0.15) is 11.1 Å². The molecule has 0 aliphatic heterocycles. The van der Waals surface area contributed by atoms with E-state index in [0.717, 1.165) is 5.56 Å². The normalized spacial score (nSPS) is 11.9. The summed E-state index contributed by atoms with van der Waals surface area (Å²) in [5.74, 6) is 5.72. The van der Waals surface area contributed by atoms with Crippen molar-refractivity contribution in [3.63, 3.8) is 0 Å². The Hall–Kier alpha value is -3.25. The van der Waals surface area contributed by atoms with Gasteiger partial charge in [0, 0.05) is 19.7 Å². The Kier molecular flexibility index (Phi) is 6.20. The molecule has 0 unspecified atom stereocenters. The Balaban J connectivity index is 2.09. The molecule has 0 aliphatic rings. The van der Waals surface area contributed by atoms with E-state index in [4.69, 9.17) is 11.6 Å². The number of rotatable bonds is 6. The van der Waals surface area contributed by atoms with Crippen molar-refractivity contribution in [3.05, 3.63) is 83.6 Å². The van der Waals surface area contributed by atoms with Crippen LogP contribution >= 0.6 is 0 Å². The van der Waals surface area contributed by atoms with Crippen LogP contribution in [0.3, 0.4) is 0 Å². The number of benzene rings is 2. The number of hydrazine groups is 1. The number of carbonyl (C=O) groups excluding carboxylic acids is 1. The molecule has 0 aliphatic carbocycles. The van der Waals surface area contributed by atoms with Crippen molar-refractivity contribution < 1.29 is 9.90 Å². The lowest BCUT2D eigenvalue weighted by Gasteiger charge is -2.17. The van der Waals surface area contributed by atoms with Gasteiger partial charge >= 0.3 is 0 Å². The Morgan fingerprint density at radius 2 is 1.76 bits per heavy atom. The number of hydrogen-bond acceptors (Lipinski definition) is 5. The van der Waals surface area contributed by atoms with E-state index in [1.807, 2.05) is 30.3 Å². The molecule has 6 nitrogen and oxygen atoms in total. The number of aromatic hydroxyl groups is 1. The summed E-state index contributed by atoms with van der Waals surface area (Å²) in [6, 6.07) is 16.1. The number of hydrogen-bond donors (Lipinski definition) is 4. The number of phenolic OH excluding ortho intramolecular Hbond substituents is 1. The molecule has 0 atom stereocenters. The second kappa shape index (κ2) is 8.56. The quantitative estimate of drug-likeness (QED) is 0.278. The van der Waals surface area contributed by atoms with E-state index in [1.54, 1.807) is 25.3 Å². The summed E-state index contributed by atoms with van der Waals surface area (Å²) >= 11 is 0. The molecule has 0 saturated carbocycles. The molecule has 6 N–H and O–H groups in total. The molecular weight excluding hydrogens is 316 g/mol. The highest BCUT2D eigenvalue weighted by Crippen LogP contribution is 2.18. The SMILES string of the molecule is CN(N)C(/C=C/C(=O)NCc1ccccc1)=C(\N)c1ccc(O)cc1. The third-order valence-corrected chi connectivity index (χ3v) is 3.54. The van der Waals surface area contributed by atoms with Gasteiger partial charge in [-0.3, -0.25) is 4.79 Å².